The number of pyridine rings is 1. The molecule has 12 heteroatoms. The molecular weight excluding hydrogens is 452 g/mol. The normalized spacial score (nSPS) is 18.8. The second-order valence-electron chi connectivity index (χ2n) is 7.68. The fraction of sp³-hybridized carbons (Fsp3) is 0.400. The maximum Gasteiger partial charge on any atom is 0.280 e. The highest BCUT2D eigenvalue weighted by Crippen LogP contribution is 2.34. The van der Waals surface area contributed by atoms with Crippen molar-refractivity contribution in [2.45, 2.75) is 44.4 Å². The summed E-state index contributed by atoms with van der Waals surface area (Å²) in [5, 5.41) is 10.3. The molecule has 1 saturated carbocycles. The first-order valence-corrected chi connectivity index (χ1v) is 11.5. The number of carbonyl (C=O) groups excluding carboxylic acids is 1. The molecule has 0 spiro atoms. The summed E-state index contributed by atoms with van der Waals surface area (Å²) in [6.07, 6.45) is 8.37. The Morgan fingerprint density at radius 1 is 1.34 bits per heavy atom. The third-order valence-corrected chi connectivity index (χ3v) is 6.71. The van der Waals surface area contributed by atoms with Gasteiger partial charge in [-0.2, -0.15) is 5.10 Å². The number of aromatic amines is 1. The van der Waals surface area contributed by atoms with Crippen molar-refractivity contribution in [3.8, 4) is 11.5 Å². The molecule has 32 heavy (non-hydrogen) atoms. The van der Waals surface area contributed by atoms with E-state index in [2.05, 4.69) is 35.0 Å². The largest absolute Gasteiger partial charge is 0.377 e. The van der Waals surface area contributed by atoms with E-state index in [-0.39, 0.29) is 18.0 Å². The van der Waals surface area contributed by atoms with E-state index >= 15 is 0 Å². The number of nitrogens with zero attached hydrogens (tertiary/aromatic N) is 6. The summed E-state index contributed by atoms with van der Waals surface area (Å²) in [5.41, 5.74) is 2.45. The topological polar surface area (TPSA) is 124 Å². The van der Waals surface area contributed by atoms with Crippen molar-refractivity contribution >= 4 is 39.9 Å². The molecule has 1 aliphatic carbocycles. The Kier molecular flexibility index (Phi) is 5.85. The first kappa shape index (κ1) is 21.0. The Bertz CT molecular complexity index is 1240. The van der Waals surface area contributed by atoms with Crippen molar-refractivity contribution in [3.63, 3.8) is 0 Å². The van der Waals surface area contributed by atoms with Gasteiger partial charge in [-0.15, -0.1) is 0 Å². The second kappa shape index (κ2) is 8.93. The quantitative estimate of drug-likeness (QED) is 0.440. The second-order valence-corrected chi connectivity index (χ2v) is 9.35. The first-order chi connectivity index (χ1) is 15.6. The van der Waals surface area contributed by atoms with Gasteiger partial charge in [-0.3, -0.25) is 14.9 Å². The van der Waals surface area contributed by atoms with Gasteiger partial charge in [0.05, 0.1) is 17.9 Å². The molecule has 5 rings (SSSR count). The molecule has 0 radical (unpaired) electrons. The zero-order chi connectivity index (χ0) is 22.1. The molecule has 10 nitrogen and oxygen atoms in total. The van der Waals surface area contributed by atoms with Crippen molar-refractivity contribution in [1.29, 1.82) is 0 Å². The number of imidazole rings is 1. The molecule has 0 bridgehead atoms. The van der Waals surface area contributed by atoms with Crippen LogP contribution in [0.2, 0.25) is 4.34 Å². The lowest BCUT2D eigenvalue weighted by molar-refractivity contribution is 0.0919. The van der Waals surface area contributed by atoms with E-state index in [1.165, 1.54) is 23.9 Å². The van der Waals surface area contributed by atoms with Crippen LogP contribution in [0.1, 0.15) is 47.4 Å². The third-order valence-electron chi connectivity index (χ3n) is 5.60. The Morgan fingerprint density at radius 2 is 2.25 bits per heavy atom. The van der Waals surface area contributed by atoms with Gasteiger partial charge in [0, 0.05) is 19.2 Å². The van der Waals surface area contributed by atoms with Crippen LogP contribution in [-0.4, -0.2) is 53.8 Å². The van der Waals surface area contributed by atoms with E-state index in [0.29, 0.717) is 27.5 Å². The van der Waals surface area contributed by atoms with E-state index in [1.54, 1.807) is 13.3 Å². The molecule has 0 aliphatic heterocycles. The molecule has 2 atom stereocenters. The first-order valence-electron chi connectivity index (χ1n) is 10.3. The average molecular weight is 473 g/mol. The minimum absolute atomic E-state index is 0.0346. The van der Waals surface area contributed by atoms with E-state index in [9.17, 15) is 4.79 Å². The molecule has 2 N–H and O–H groups in total. The van der Waals surface area contributed by atoms with E-state index in [0.717, 1.165) is 42.5 Å². The monoisotopic (exact) mass is 472 g/mol. The van der Waals surface area contributed by atoms with Gasteiger partial charge in [0.1, 0.15) is 34.3 Å². The Hall–Kier alpha value is -2.89. The predicted octanol–water partition coefficient (Wildman–Crippen LogP) is 3.39. The summed E-state index contributed by atoms with van der Waals surface area (Å²) in [5.74, 6) is 1.25. The minimum Gasteiger partial charge on any atom is -0.377 e. The standard InChI is InChI=1S/C20H21ClN8O2S/c1-31-9-17-27-14-7-22-13(18-24-10-25-28-18)6-15(14)29(17)12-4-2-3-11(5-12)26-19(30)20-23-8-16(21)32-20/h6-8,10-12H,2-5,9H2,1H3,(H,26,30)(H,24,25,28). The fourth-order valence-electron chi connectivity index (χ4n) is 4.28. The summed E-state index contributed by atoms with van der Waals surface area (Å²) >= 11 is 7.11. The summed E-state index contributed by atoms with van der Waals surface area (Å²) < 4.78 is 8.14. The molecule has 4 aromatic rings. The number of carbonyl (C=O) groups is 1. The molecular formula is C20H21ClN8O2S. The number of fused-ring (bicyclic) bond motifs is 1. The maximum absolute atomic E-state index is 12.6. The summed E-state index contributed by atoms with van der Waals surface area (Å²) in [6.45, 7) is 0.386. The van der Waals surface area contributed by atoms with Crippen LogP contribution in [0, 0.1) is 0 Å². The predicted molar refractivity (Wildman–Crippen MR) is 120 cm³/mol. The molecule has 4 heterocycles. The maximum atomic E-state index is 12.6. The fourth-order valence-corrected chi connectivity index (χ4v) is 5.10. The van der Waals surface area contributed by atoms with Crippen molar-refractivity contribution in [1.82, 2.24) is 40.0 Å². The van der Waals surface area contributed by atoms with E-state index < -0.39 is 0 Å². The molecule has 1 fully saturated rings. The zero-order valence-electron chi connectivity index (χ0n) is 17.3. The average Bonchev–Trinajstić information content (AvgIpc) is 3.53. The van der Waals surface area contributed by atoms with Gasteiger partial charge >= 0.3 is 0 Å². The lowest BCUT2D eigenvalue weighted by Crippen LogP contribution is -2.39. The lowest BCUT2D eigenvalue weighted by Gasteiger charge is -2.31. The Balaban J connectivity index is 1.44. The number of H-pyrrole nitrogens is 1. The minimum atomic E-state index is -0.183. The van der Waals surface area contributed by atoms with E-state index in [1.807, 2.05) is 6.07 Å². The molecule has 0 saturated heterocycles. The van der Waals surface area contributed by atoms with Crippen LogP contribution in [-0.2, 0) is 11.3 Å². The van der Waals surface area contributed by atoms with Crippen LogP contribution in [0.15, 0.2) is 24.8 Å². The number of hydrogen-bond acceptors (Lipinski definition) is 8. The number of nitrogens with one attached hydrogen (secondary N) is 2. The number of ether oxygens (including phenoxy) is 1. The SMILES string of the molecule is COCc1nc2cnc(-c3ncn[nH]3)cc2n1C1CCCC(NC(=O)c2ncc(Cl)s2)C1. The van der Waals surface area contributed by atoms with Gasteiger partial charge in [0.2, 0.25) is 0 Å². The Morgan fingerprint density at radius 3 is 3.00 bits per heavy atom. The molecule has 2 unspecified atom stereocenters. The van der Waals surface area contributed by atoms with E-state index in [4.69, 9.17) is 21.3 Å². The Labute approximate surface area is 192 Å². The molecule has 1 aliphatic rings. The van der Waals surface area contributed by atoms with Gasteiger partial charge < -0.3 is 14.6 Å². The van der Waals surface area contributed by atoms with Gasteiger partial charge in [0.25, 0.3) is 5.91 Å². The van der Waals surface area contributed by atoms with Crippen LogP contribution in [0.4, 0.5) is 0 Å². The van der Waals surface area contributed by atoms with Crippen LogP contribution < -0.4 is 5.32 Å². The lowest BCUT2D eigenvalue weighted by atomic mass is 9.90. The number of hydrogen-bond donors (Lipinski definition) is 2. The van der Waals surface area contributed by atoms with Crippen molar-refractivity contribution in [2.24, 2.45) is 0 Å². The number of rotatable bonds is 6. The van der Waals surface area contributed by atoms with Crippen molar-refractivity contribution in [2.75, 3.05) is 7.11 Å². The van der Waals surface area contributed by atoms with Crippen molar-refractivity contribution in [3.05, 3.63) is 40.0 Å². The van der Waals surface area contributed by atoms with Crippen LogP contribution in [0.3, 0.4) is 0 Å². The molecule has 1 amide bonds. The highest BCUT2D eigenvalue weighted by atomic mass is 35.5. The smallest absolute Gasteiger partial charge is 0.280 e. The number of aromatic nitrogens is 7. The summed E-state index contributed by atoms with van der Waals surface area (Å²) in [6, 6.07) is 2.17. The molecule has 0 aromatic carbocycles. The van der Waals surface area contributed by atoms with Gasteiger partial charge in [-0.1, -0.05) is 22.9 Å². The van der Waals surface area contributed by atoms with Crippen LogP contribution >= 0.6 is 22.9 Å². The molecule has 4 aromatic heterocycles. The van der Waals surface area contributed by atoms with Crippen molar-refractivity contribution < 1.29 is 9.53 Å². The summed E-state index contributed by atoms with van der Waals surface area (Å²) in [7, 11) is 1.66. The number of halogens is 1. The highest BCUT2D eigenvalue weighted by Gasteiger charge is 2.28. The zero-order valence-corrected chi connectivity index (χ0v) is 18.9. The molecule has 166 valence electrons. The van der Waals surface area contributed by atoms with Crippen LogP contribution in [0.25, 0.3) is 22.6 Å². The highest BCUT2D eigenvalue weighted by molar-refractivity contribution is 7.17. The van der Waals surface area contributed by atoms with Gasteiger partial charge in [0.15, 0.2) is 10.8 Å². The van der Waals surface area contributed by atoms with Gasteiger partial charge in [-0.25, -0.2) is 15.0 Å². The number of methoxy groups -OCH3 is 1. The number of thiazole rings is 1. The van der Waals surface area contributed by atoms with Gasteiger partial charge in [-0.05, 0) is 31.7 Å². The number of amides is 1. The summed E-state index contributed by atoms with van der Waals surface area (Å²) in [4.78, 5) is 30.1. The van der Waals surface area contributed by atoms with Crippen LogP contribution in [0.5, 0.6) is 0 Å². The third kappa shape index (κ3) is 4.10.